The van der Waals surface area contributed by atoms with Gasteiger partial charge >= 0.3 is 0 Å². The molecule has 0 spiro atoms. The number of rotatable bonds is 3. The van der Waals surface area contributed by atoms with Gasteiger partial charge in [0.25, 0.3) is 0 Å². The molecule has 0 bridgehead atoms. The lowest BCUT2D eigenvalue weighted by Crippen LogP contribution is -2.50. The first kappa shape index (κ1) is 18.5. The summed E-state index contributed by atoms with van der Waals surface area (Å²) < 4.78 is 0. The molecule has 1 saturated heterocycles. The Balaban J connectivity index is 1.59. The minimum absolute atomic E-state index is 0.0638. The summed E-state index contributed by atoms with van der Waals surface area (Å²) in [5.74, 6) is 0.589. The SMILES string of the molecule is C[C@@H](C(=O)NC1=NN(c2ccc(Cl)c(Cl)c2)CC1)N1CCC(O)CC1. The topological polar surface area (TPSA) is 68.2 Å². The van der Waals surface area contributed by atoms with Crippen LogP contribution < -0.4 is 10.3 Å². The Kier molecular flexibility index (Phi) is 5.84. The van der Waals surface area contributed by atoms with Crippen molar-refractivity contribution in [1.82, 2.24) is 10.2 Å². The monoisotopic (exact) mass is 384 g/mol. The van der Waals surface area contributed by atoms with Crippen molar-refractivity contribution in [2.24, 2.45) is 5.10 Å². The molecule has 0 aliphatic carbocycles. The summed E-state index contributed by atoms with van der Waals surface area (Å²) in [7, 11) is 0. The number of nitrogens with zero attached hydrogens (tertiary/aromatic N) is 3. The molecule has 2 heterocycles. The first-order valence-corrected chi connectivity index (χ1v) is 9.22. The molecular formula is C17H22Cl2N4O2. The first-order valence-electron chi connectivity index (χ1n) is 8.47. The lowest BCUT2D eigenvalue weighted by atomic mass is 10.1. The highest BCUT2D eigenvalue weighted by Gasteiger charge is 2.27. The Morgan fingerprint density at radius 2 is 2.00 bits per heavy atom. The van der Waals surface area contributed by atoms with Crippen LogP contribution in [0.25, 0.3) is 0 Å². The Morgan fingerprint density at radius 3 is 2.68 bits per heavy atom. The summed E-state index contributed by atoms with van der Waals surface area (Å²) in [6.07, 6.45) is 1.84. The predicted octanol–water partition coefficient (Wildman–Crippen LogP) is 2.48. The molecule has 25 heavy (non-hydrogen) atoms. The minimum atomic E-state index is -0.245. The normalized spacial score (nSPS) is 20.5. The summed E-state index contributed by atoms with van der Waals surface area (Å²) >= 11 is 12.0. The summed E-state index contributed by atoms with van der Waals surface area (Å²) in [4.78, 5) is 14.6. The molecule has 1 amide bonds. The third kappa shape index (κ3) is 4.44. The third-order valence-electron chi connectivity index (χ3n) is 4.70. The number of hydrogen-bond donors (Lipinski definition) is 2. The van der Waals surface area contributed by atoms with E-state index in [0.29, 0.717) is 41.7 Å². The first-order chi connectivity index (χ1) is 11.9. The summed E-state index contributed by atoms with van der Waals surface area (Å²) in [5, 5.41) is 19.8. The van der Waals surface area contributed by atoms with E-state index in [1.54, 1.807) is 17.1 Å². The van der Waals surface area contributed by atoms with E-state index in [1.807, 2.05) is 13.0 Å². The molecule has 2 aliphatic rings. The molecule has 0 radical (unpaired) electrons. The molecule has 0 unspecified atom stereocenters. The maximum atomic E-state index is 12.5. The average Bonchev–Trinajstić information content (AvgIpc) is 3.06. The van der Waals surface area contributed by atoms with Gasteiger partial charge in [0.05, 0.1) is 27.9 Å². The van der Waals surface area contributed by atoms with E-state index in [2.05, 4.69) is 15.3 Å². The van der Waals surface area contributed by atoms with Crippen molar-refractivity contribution in [3.8, 4) is 0 Å². The molecule has 1 fully saturated rings. The number of amidine groups is 1. The van der Waals surface area contributed by atoms with Crippen LogP contribution in [0, 0.1) is 0 Å². The largest absolute Gasteiger partial charge is 0.393 e. The number of aliphatic hydroxyl groups is 1. The number of anilines is 1. The summed E-state index contributed by atoms with van der Waals surface area (Å²) in [5.41, 5.74) is 0.844. The van der Waals surface area contributed by atoms with Crippen molar-refractivity contribution < 1.29 is 9.90 Å². The predicted molar refractivity (Wildman–Crippen MR) is 100 cm³/mol. The maximum Gasteiger partial charge on any atom is 0.242 e. The zero-order valence-electron chi connectivity index (χ0n) is 14.1. The molecule has 0 aromatic heterocycles. The van der Waals surface area contributed by atoms with Gasteiger partial charge in [-0.1, -0.05) is 23.2 Å². The standard InChI is InChI=1S/C17H22Cl2N4O2/c1-11(22-7-4-13(24)5-8-22)17(25)20-16-6-9-23(21-16)12-2-3-14(18)15(19)10-12/h2-3,10-11,13,24H,4-9H2,1H3,(H,20,21,25)/t11-/m0/s1. The molecule has 8 heteroatoms. The molecule has 0 saturated carbocycles. The highest BCUT2D eigenvalue weighted by molar-refractivity contribution is 6.42. The molecule has 6 nitrogen and oxygen atoms in total. The van der Waals surface area contributed by atoms with E-state index in [9.17, 15) is 9.90 Å². The number of carbonyl (C=O) groups is 1. The Hall–Kier alpha value is -1.34. The van der Waals surface area contributed by atoms with Crippen molar-refractivity contribution >= 4 is 40.6 Å². The van der Waals surface area contributed by atoms with Gasteiger partial charge in [-0.05, 0) is 38.0 Å². The van der Waals surface area contributed by atoms with Crippen LogP contribution in [0.5, 0.6) is 0 Å². The highest BCUT2D eigenvalue weighted by Crippen LogP contribution is 2.28. The fraction of sp³-hybridized carbons (Fsp3) is 0.529. The Morgan fingerprint density at radius 1 is 1.28 bits per heavy atom. The fourth-order valence-electron chi connectivity index (χ4n) is 3.06. The van der Waals surface area contributed by atoms with Crippen LogP contribution in [0.1, 0.15) is 26.2 Å². The van der Waals surface area contributed by atoms with Crippen molar-refractivity contribution in [3.63, 3.8) is 0 Å². The fourth-order valence-corrected chi connectivity index (χ4v) is 3.36. The van der Waals surface area contributed by atoms with Gasteiger partial charge in [0.2, 0.25) is 5.91 Å². The number of amides is 1. The van der Waals surface area contributed by atoms with Crippen LogP contribution in [0.2, 0.25) is 10.0 Å². The summed E-state index contributed by atoms with van der Waals surface area (Å²) in [6, 6.07) is 5.11. The van der Waals surface area contributed by atoms with E-state index in [0.717, 1.165) is 18.8 Å². The van der Waals surface area contributed by atoms with E-state index in [4.69, 9.17) is 23.2 Å². The molecule has 1 aromatic rings. The Labute approximate surface area is 157 Å². The maximum absolute atomic E-state index is 12.5. The second kappa shape index (κ2) is 7.91. The number of piperidine rings is 1. The molecule has 2 aliphatic heterocycles. The van der Waals surface area contributed by atoms with Gasteiger partial charge in [0.15, 0.2) is 0 Å². The van der Waals surface area contributed by atoms with Gasteiger partial charge in [-0.2, -0.15) is 5.10 Å². The van der Waals surface area contributed by atoms with Crippen LogP contribution in [0.3, 0.4) is 0 Å². The van der Waals surface area contributed by atoms with Gasteiger partial charge < -0.3 is 10.4 Å². The number of carbonyl (C=O) groups excluding carboxylic acids is 1. The number of aliphatic hydroxyl groups excluding tert-OH is 1. The Bertz CT molecular complexity index is 675. The number of nitrogens with one attached hydrogen (secondary N) is 1. The lowest BCUT2D eigenvalue weighted by molar-refractivity contribution is -0.125. The van der Waals surface area contributed by atoms with Gasteiger partial charge in [0.1, 0.15) is 5.84 Å². The van der Waals surface area contributed by atoms with Gasteiger partial charge in [0, 0.05) is 26.1 Å². The summed E-state index contributed by atoms with van der Waals surface area (Å²) in [6.45, 7) is 4.03. The molecule has 136 valence electrons. The zero-order chi connectivity index (χ0) is 18.0. The second-order valence-corrected chi connectivity index (χ2v) is 7.27. The molecule has 2 N–H and O–H groups in total. The average molecular weight is 385 g/mol. The highest BCUT2D eigenvalue weighted by atomic mass is 35.5. The van der Waals surface area contributed by atoms with E-state index >= 15 is 0 Å². The van der Waals surface area contributed by atoms with E-state index < -0.39 is 0 Å². The van der Waals surface area contributed by atoms with Gasteiger partial charge in [-0.15, -0.1) is 0 Å². The second-order valence-electron chi connectivity index (χ2n) is 6.45. The molecule has 1 aromatic carbocycles. The van der Waals surface area contributed by atoms with E-state index in [-0.39, 0.29) is 18.1 Å². The van der Waals surface area contributed by atoms with Crippen molar-refractivity contribution in [1.29, 1.82) is 0 Å². The lowest BCUT2D eigenvalue weighted by Gasteiger charge is -2.33. The van der Waals surface area contributed by atoms with Crippen LogP contribution in [0.4, 0.5) is 5.69 Å². The van der Waals surface area contributed by atoms with Crippen molar-refractivity contribution in [3.05, 3.63) is 28.2 Å². The zero-order valence-corrected chi connectivity index (χ0v) is 15.6. The number of hydrazone groups is 1. The van der Waals surface area contributed by atoms with Crippen molar-refractivity contribution in [2.75, 3.05) is 24.6 Å². The van der Waals surface area contributed by atoms with Crippen LogP contribution in [0.15, 0.2) is 23.3 Å². The smallest absolute Gasteiger partial charge is 0.242 e. The molecule has 3 rings (SSSR count). The van der Waals surface area contributed by atoms with Crippen LogP contribution >= 0.6 is 23.2 Å². The number of likely N-dealkylation sites (tertiary alicyclic amines) is 1. The van der Waals surface area contributed by atoms with Crippen molar-refractivity contribution in [2.45, 2.75) is 38.3 Å². The third-order valence-corrected chi connectivity index (χ3v) is 5.44. The van der Waals surface area contributed by atoms with Crippen LogP contribution in [-0.4, -0.2) is 53.5 Å². The van der Waals surface area contributed by atoms with Crippen LogP contribution in [-0.2, 0) is 4.79 Å². The number of halogens is 2. The quantitative estimate of drug-likeness (QED) is 0.839. The minimum Gasteiger partial charge on any atom is -0.393 e. The van der Waals surface area contributed by atoms with E-state index in [1.165, 1.54) is 0 Å². The number of hydrogen-bond acceptors (Lipinski definition) is 5. The van der Waals surface area contributed by atoms with Gasteiger partial charge in [-0.25, -0.2) is 0 Å². The molecular weight excluding hydrogens is 363 g/mol. The molecule has 1 atom stereocenters. The number of benzene rings is 1. The van der Waals surface area contributed by atoms with Gasteiger partial charge in [-0.3, -0.25) is 14.7 Å².